The average molecular weight is 330 g/mol. The highest BCUT2D eigenvalue weighted by Gasteiger charge is 2.23. The summed E-state index contributed by atoms with van der Waals surface area (Å²) in [5, 5.41) is 0. The molecule has 0 aliphatic carbocycles. The zero-order valence-corrected chi connectivity index (χ0v) is 13.4. The smallest absolute Gasteiger partial charge is 0.352 e. The van der Waals surface area contributed by atoms with Gasteiger partial charge in [-0.05, 0) is 0 Å². The van der Waals surface area contributed by atoms with Gasteiger partial charge >= 0.3 is 7.60 Å². The van der Waals surface area contributed by atoms with Gasteiger partial charge in [0.2, 0.25) is 5.95 Å². The fourth-order valence-corrected chi connectivity index (χ4v) is 2.14. The van der Waals surface area contributed by atoms with Crippen molar-refractivity contribution in [3.63, 3.8) is 0 Å². The molecule has 5 N–H and O–H groups in total. The first-order valence-electron chi connectivity index (χ1n) is 6.43. The molecule has 2 aromatic rings. The van der Waals surface area contributed by atoms with Crippen LogP contribution in [0.15, 0.2) is 6.33 Å². The van der Waals surface area contributed by atoms with Gasteiger partial charge in [-0.25, -0.2) is 9.87 Å². The maximum Gasteiger partial charge on any atom is 0.352 e. The van der Waals surface area contributed by atoms with E-state index in [2.05, 4.69) is 19.6 Å². The molecule has 0 amide bonds. The third-order valence-corrected chi connectivity index (χ3v) is 3.13. The van der Waals surface area contributed by atoms with Gasteiger partial charge in [0.15, 0.2) is 11.5 Å². The first kappa shape index (κ1) is 16.6. The zero-order valence-electron chi connectivity index (χ0n) is 12.6. The fourth-order valence-electron chi connectivity index (χ4n) is 1.89. The number of nitrogens with zero attached hydrogens (tertiary/aromatic N) is 4. The van der Waals surface area contributed by atoms with E-state index in [1.54, 1.807) is 10.9 Å². The summed E-state index contributed by atoms with van der Waals surface area (Å²) in [6.45, 7) is 5.40. The molecule has 11 heteroatoms. The summed E-state index contributed by atoms with van der Waals surface area (Å²) in [5.74, 6) is 0.280. The summed E-state index contributed by atoms with van der Waals surface area (Å²) < 4.78 is 17.2. The van der Waals surface area contributed by atoms with Gasteiger partial charge in [0.25, 0.3) is 0 Å². The quantitative estimate of drug-likeness (QED) is 0.396. The largest absolute Gasteiger partial charge is 0.382 e. The van der Waals surface area contributed by atoms with Crippen molar-refractivity contribution < 1.29 is 19.0 Å². The average Bonchev–Trinajstić information content (AvgIpc) is 2.69. The van der Waals surface area contributed by atoms with Crippen molar-refractivity contribution in [1.29, 1.82) is 0 Å². The first-order valence-corrected chi connectivity index (χ1v) is 8.45. The minimum absolute atomic E-state index is 0.0661. The number of aromatic nitrogens is 4. The molecule has 122 valence electrons. The first-order chi connectivity index (χ1) is 10.1. The van der Waals surface area contributed by atoms with Gasteiger partial charge in [0.05, 0.1) is 12.9 Å². The van der Waals surface area contributed by atoms with Gasteiger partial charge in [-0.15, -0.1) is 4.67 Å². The molecule has 10 nitrogen and oxygen atoms in total. The lowest BCUT2D eigenvalue weighted by Gasteiger charge is -2.24. The number of rotatable bonds is 6. The second kappa shape index (κ2) is 5.81. The molecule has 0 saturated carbocycles. The Kier molecular flexibility index (Phi) is 4.39. The van der Waals surface area contributed by atoms with E-state index >= 15 is 0 Å². The van der Waals surface area contributed by atoms with Crippen molar-refractivity contribution in [3.05, 3.63) is 6.33 Å². The van der Waals surface area contributed by atoms with Crippen LogP contribution in [0.5, 0.6) is 0 Å². The molecule has 2 aromatic heterocycles. The van der Waals surface area contributed by atoms with E-state index in [0.29, 0.717) is 17.7 Å². The third-order valence-electron chi connectivity index (χ3n) is 2.75. The second-order valence-corrected chi connectivity index (χ2v) is 7.57. The Morgan fingerprint density at radius 2 is 2.09 bits per heavy atom. The Bertz CT molecular complexity index is 725. The molecule has 0 spiro atoms. The van der Waals surface area contributed by atoms with Crippen LogP contribution in [0.2, 0.25) is 0 Å². The third kappa shape index (κ3) is 4.14. The molecule has 0 fully saturated rings. The predicted molar refractivity (Wildman–Crippen MR) is 80.7 cm³/mol. The number of imidazole rings is 1. The van der Waals surface area contributed by atoms with Crippen LogP contribution in [0.4, 0.5) is 11.8 Å². The van der Waals surface area contributed by atoms with Gasteiger partial charge in [0, 0.05) is 18.6 Å². The van der Waals surface area contributed by atoms with Crippen LogP contribution >= 0.6 is 7.60 Å². The van der Waals surface area contributed by atoms with Crippen molar-refractivity contribution in [2.75, 3.05) is 24.7 Å². The summed E-state index contributed by atoms with van der Waals surface area (Å²) in [5.41, 5.74) is 11.9. The molecular formula is C11H19N6O4P. The highest BCUT2D eigenvalue weighted by molar-refractivity contribution is 7.51. The SMILES string of the molecule is CC(C)(COOP(C)(=O)O)Cn1cnc2c(N)nc(N)nc21. The number of hydrogen-bond acceptors (Lipinski definition) is 8. The molecule has 2 heterocycles. The highest BCUT2D eigenvalue weighted by Crippen LogP contribution is 2.37. The van der Waals surface area contributed by atoms with Crippen LogP contribution in [-0.2, 0) is 20.7 Å². The van der Waals surface area contributed by atoms with Crippen LogP contribution in [0.3, 0.4) is 0 Å². The van der Waals surface area contributed by atoms with Gasteiger partial charge < -0.3 is 20.9 Å². The van der Waals surface area contributed by atoms with Crippen LogP contribution in [0.25, 0.3) is 11.2 Å². The summed E-state index contributed by atoms with van der Waals surface area (Å²) in [4.78, 5) is 26.0. The summed E-state index contributed by atoms with van der Waals surface area (Å²) >= 11 is 0. The Labute approximate surface area is 126 Å². The topological polar surface area (TPSA) is 151 Å². The van der Waals surface area contributed by atoms with E-state index in [4.69, 9.17) is 21.2 Å². The molecule has 0 aromatic carbocycles. The van der Waals surface area contributed by atoms with Crippen LogP contribution in [0, 0.1) is 5.41 Å². The van der Waals surface area contributed by atoms with E-state index in [1.165, 1.54) is 0 Å². The van der Waals surface area contributed by atoms with Gasteiger partial charge in [-0.3, -0.25) is 4.57 Å². The molecule has 1 unspecified atom stereocenters. The summed E-state index contributed by atoms with van der Waals surface area (Å²) in [6.07, 6.45) is 1.58. The van der Waals surface area contributed by atoms with E-state index in [1.807, 2.05) is 13.8 Å². The number of anilines is 2. The van der Waals surface area contributed by atoms with E-state index in [0.717, 1.165) is 6.66 Å². The maximum atomic E-state index is 11.0. The Morgan fingerprint density at radius 3 is 2.73 bits per heavy atom. The lowest BCUT2D eigenvalue weighted by Crippen LogP contribution is -2.25. The zero-order chi connectivity index (χ0) is 16.5. The molecule has 0 aliphatic heterocycles. The van der Waals surface area contributed by atoms with E-state index in [9.17, 15) is 4.57 Å². The number of fused-ring (bicyclic) bond motifs is 1. The minimum atomic E-state index is -3.67. The molecule has 0 radical (unpaired) electrons. The normalized spacial score (nSPS) is 15.1. The van der Waals surface area contributed by atoms with Crippen LogP contribution in [0.1, 0.15) is 13.8 Å². The molecular weight excluding hydrogens is 311 g/mol. The van der Waals surface area contributed by atoms with Crippen molar-refractivity contribution in [2.45, 2.75) is 20.4 Å². The monoisotopic (exact) mass is 330 g/mol. The summed E-state index contributed by atoms with van der Waals surface area (Å²) in [6, 6.07) is 0. The fraction of sp³-hybridized carbons (Fsp3) is 0.545. The molecule has 0 aliphatic rings. The number of hydrogen-bond donors (Lipinski definition) is 3. The molecule has 0 saturated heterocycles. The van der Waals surface area contributed by atoms with Gasteiger partial charge in [0.1, 0.15) is 5.52 Å². The standard InChI is InChI=1S/C11H19N6O4P/c1-11(2,5-20-21-22(3,18)19)4-17-6-14-7-8(12)15-10(13)16-9(7)17/h6H,4-5H2,1-3H3,(H,18,19)(H4,12,13,15,16). The lowest BCUT2D eigenvalue weighted by atomic mass is 9.95. The number of nitrogens with two attached hydrogens (primary N) is 2. The lowest BCUT2D eigenvalue weighted by molar-refractivity contribution is -0.232. The summed E-state index contributed by atoms with van der Waals surface area (Å²) in [7, 11) is -3.67. The Balaban J connectivity index is 2.14. The molecule has 22 heavy (non-hydrogen) atoms. The van der Waals surface area contributed by atoms with E-state index in [-0.39, 0.29) is 18.4 Å². The molecule has 2 rings (SSSR count). The second-order valence-electron chi connectivity index (χ2n) is 5.82. The highest BCUT2D eigenvalue weighted by atomic mass is 31.2. The van der Waals surface area contributed by atoms with Gasteiger partial charge in [-0.2, -0.15) is 9.97 Å². The van der Waals surface area contributed by atoms with Crippen molar-refractivity contribution in [2.24, 2.45) is 5.41 Å². The van der Waals surface area contributed by atoms with Gasteiger partial charge in [-0.1, -0.05) is 13.8 Å². The van der Waals surface area contributed by atoms with Crippen molar-refractivity contribution >= 4 is 30.5 Å². The van der Waals surface area contributed by atoms with Crippen LogP contribution < -0.4 is 11.5 Å². The minimum Gasteiger partial charge on any atom is -0.382 e. The van der Waals surface area contributed by atoms with E-state index < -0.39 is 13.0 Å². The molecule has 1 atom stereocenters. The number of nitrogen functional groups attached to an aromatic ring is 2. The van der Waals surface area contributed by atoms with Crippen molar-refractivity contribution in [3.8, 4) is 0 Å². The van der Waals surface area contributed by atoms with Crippen LogP contribution in [-0.4, -0.2) is 37.7 Å². The molecule has 0 bridgehead atoms. The maximum absolute atomic E-state index is 11.0. The Hall–Kier alpha value is -1.74. The Morgan fingerprint density at radius 1 is 1.41 bits per heavy atom. The van der Waals surface area contributed by atoms with Crippen molar-refractivity contribution in [1.82, 2.24) is 19.5 Å². The predicted octanol–water partition coefficient (Wildman–Crippen LogP) is 0.780.